The van der Waals surface area contributed by atoms with Crippen LogP contribution in [-0.4, -0.2) is 0 Å². The van der Waals surface area contributed by atoms with Gasteiger partial charge in [0.15, 0.2) is 0 Å². The van der Waals surface area contributed by atoms with Crippen molar-refractivity contribution in [3.8, 4) is 0 Å². The summed E-state index contributed by atoms with van der Waals surface area (Å²) in [6.45, 7) is 2.29. The van der Waals surface area contributed by atoms with E-state index in [4.69, 9.17) is 11.5 Å². The maximum atomic E-state index is 5.86. The first-order valence-corrected chi connectivity index (χ1v) is 15.9. The molecule has 0 aliphatic rings. The minimum Gasteiger partial charge on any atom is -0.399 e. The number of nitrogen functional groups attached to an aromatic ring is 2. The predicted molar refractivity (Wildman–Crippen MR) is 178 cm³/mol. The Bertz CT molecular complexity index is 1160. The molecule has 2 nitrogen and oxygen atoms in total. The quantitative estimate of drug-likeness (QED) is 0.102. The average Bonchev–Trinajstić information content (AvgIpc) is 2.99. The van der Waals surface area contributed by atoms with Gasteiger partial charge in [0.2, 0.25) is 0 Å². The summed E-state index contributed by atoms with van der Waals surface area (Å²) in [6.07, 6.45) is 16.5. The number of anilines is 2. The average molecular weight is 547 g/mol. The van der Waals surface area contributed by atoms with E-state index in [9.17, 15) is 0 Å². The fraction of sp³-hybridized carbons (Fsp3) is 0.385. The van der Waals surface area contributed by atoms with Crippen LogP contribution in [0.1, 0.15) is 98.1 Å². The molecule has 0 saturated heterocycles. The van der Waals surface area contributed by atoms with Crippen LogP contribution in [0.3, 0.4) is 0 Å². The molecule has 0 bridgehead atoms. The number of hydrogen-bond donors (Lipinski definition) is 2. The minimum atomic E-state index is 0.668. The lowest BCUT2D eigenvalue weighted by Crippen LogP contribution is -2.09. The first-order valence-electron chi connectivity index (χ1n) is 15.9. The van der Waals surface area contributed by atoms with Crippen LogP contribution in [0.5, 0.6) is 0 Å². The molecule has 0 fully saturated rings. The van der Waals surface area contributed by atoms with E-state index in [2.05, 4.69) is 79.7 Å². The Morgan fingerprint density at radius 1 is 0.415 bits per heavy atom. The van der Waals surface area contributed by atoms with E-state index >= 15 is 0 Å². The lowest BCUT2D eigenvalue weighted by Gasteiger charge is -2.18. The summed E-state index contributed by atoms with van der Waals surface area (Å²) in [5, 5.41) is 0. The smallest absolute Gasteiger partial charge is 0.0314 e. The lowest BCUT2D eigenvalue weighted by atomic mass is 9.87. The van der Waals surface area contributed by atoms with Crippen LogP contribution < -0.4 is 11.5 Å². The maximum absolute atomic E-state index is 5.86. The summed E-state index contributed by atoms with van der Waals surface area (Å²) >= 11 is 0. The molecule has 0 aliphatic carbocycles. The zero-order chi connectivity index (χ0) is 28.7. The topological polar surface area (TPSA) is 52.0 Å². The Morgan fingerprint density at radius 3 is 1.12 bits per heavy atom. The molecule has 0 radical (unpaired) electrons. The third kappa shape index (κ3) is 11.1. The van der Waals surface area contributed by atoms with E-state index in [0.717, 1.165) is 37.1 Å². The molecule has 41 heavy (non-hydrogen) atoms. The Labute approximate surface area is 249 Å². The van der Waals surface area contributed by atoms with Crippen molar-refractivity contribution in [1.29, 1.82) is 0 Å². The van der Waals surface area contributed by atoms with Gasteiger partial charge in [0.05, 0.1) is 0 Å². The summed E-state index contributed by atoms with van der Waals surface area (Å²) in [5.41, 5.74) is 21.6. The van der Waals surface area contributed by atoms with Crippen molar-refractivity contribution < 1.29 is 0 Å². The molecule has 4 aromatic carbocycles. The minimum absolute atomic E-state index is 0.668. The standard InChI is InChI=1S/C39H50N2/c1-2-3-4-5-6-7-8-9-10-37(29-33-15-11-31(12-16-33)27-35-19-23-38(40)24-20-35)30-34-17-13-32(14-18-34)28-36-21-25-39(41)26-22-36/h11-26,37H,2-10,27-30,40-41H2,1H3. The van der Waals surface area contributed by atoms with Crippen molar-refractivity contribution in [2.45, 2.75) is 90.4 Å². The van der Waals surface area contributed by atoms with E-state index in [1.54, 1.807) is 0 Å². The van der Waals surface area contributed by atoms with Gasteiger partial charge < -0.3 is 11.5 Å². The third-order valence-corrected chi connectivity index (χ3v) is 8.34. The molecule has 4 N–H and O–H groups in total. The third-order valence-electron chi connectivity index (χ3n) is 8.34. The molecule has 216 valence electrons. The maximum Gasteiger partial charge on any atom is 0.0314 e. The van der Waals surface area contributed by atoms with Gasteiger partial charge in [-0.25, -0.2) is 0 Å². The van der Waals surface area contributed by atoms with Crippen LogP contribution in [0, 0.1) is 5.92 Å². The highest BCUT2D eigenvalue weighted by atomic mass is 14.5. The van der Waals surface area contributed by atoms with Gasteiger partial charge >= 0.3 is 0 Å². The van der Waals surface area contributed by atoms with Crippen molar-refractivity contribution in [3.63, 3.8) is 0 Å². The number of rotatable bonds is 17. The van der Waals surface area contributed by atoms with Gasteiger partial charge in [-0.3, -0.25) is 0 Å². The predicted octanol–water partition coefficient (Wildman–Crippen LogP) is 9.96. The van der Waals surface area contributed by atoms with Crippen LogP contribution in [0.2, 0.25) is 0 Å². The van der Waals surface area contributed by atoms with E-state index < -0.39 is 0 Å². The summed E-state index contributed by atoms with van der Waals surface area (Å²) in [4.78, 5) is 0. The summed E-state index contributed by atoms with van der Waals surface area (Å²) < 4.78 is 0. The molecule has 0 aliphatic heterocycles. The highest BCUT2D eigenvalue weighted by Crippen LogP contribution is 2.23. The molecule has 0 aromatic heterocycles. The Morgan fingerprint density at radius 2 is 0.732 bits per heavy atom. The number of benzene rings is 4. The molecule has 4 rings (SSSR count). The Kier molecular flexibility index (Phi) is 12.4. The molecule has 0 spiro atoms. The van der Waals surface area contributed by atoms with Crippen molar-refractivity contribution in [3.05, 3.63) is 130 Å². The summed E-state index contributed by atoms with van der Waals surface area (Å²) in [6, 6.07) is 35.1. The van der Waals surface area contributed by atoms with E-state index in [1.165, 1.54) is 91.2 Å². The number of nitrogens with two attached hydrogens (primary N) is 2. The molecule has 0 amide bonds. The van der Waals surface area contributed by atoms with E-state index in [-0.39, 0.29) is 0 Å². The van der Waals surface area contributed by atoms with Gasteiger partial charge in [0, 0.05) is 11.4 Å². The Hall–Kier alpha value is -3.52. The monoisotopic (exact) mass is 546 g/mol. The lowest BCUT2D eigenvalue weighted by molar-refractivity contribution is 0.444. The SMILES string of the molecule is CCCCCCCCCCC(Cc1ccc(Cc2ccc(N)cc2)cc1)Cc1ccc(Cc2ccc(N)cc2)cc1. The normalized spacial score (nSPS) is 11.3. The first kappa shape index (κ1) is 30.4. The second-order valence-corrected chi connectivity index (χ2v) is 12.0. The van der Waals surface area contributed by atoms with E-state index in [1.807, 2.05) is 24.3 Å². The van der Waals surface area contributed by atoms with Gasteiger partial charge in [-0.2, -0.15) is 0 Å². The number of hydrogen-bond acceptors (Lipinski definition) is 2. The van der Waals surface area contributed by atoms with Crippen LogP contribution in [-0.2, 0) is 25.7 Å². The largest absolute Gasteiger partial charge is 0.399 e. The Balaban J connectivity index is 1.33. The van der Waals surface area contributed by atoms with Gasteiger partial charge in [-0.1, -0.05) is 131 Å². The molecule has 0 saturated carbocycles. The van der Waals surface area contributed by atoms with Crippen molar-refractivity contribution >= 4 is 11.4 Å². The molecular weight excluding hydrogens is 496 g/mol. The molecule has 0 atom stereocenters. The van der Waals surface area contributed by atoms with Crippen LogP contribution >= 0.6 is 0 Å². The van der Waals surface area contributed by atoms with Crippen LogP contribution in [0.25, 0.3) is 0 Å². The van der Waals surface area contributed by atoms with Crippen LogP contribution in [0.4, 0.5) is 11.4 Å². The summed E-state index contributed by atoms with van der Waals surface area (Å²) in [5.74, 6) is 0.668. The highest BCUT2D eigenvalue weighted by molar-refractivity contribution is 5.42. The fourth-order valence-corrected chi connectivity index (χ4v) is 5.84. The zero-order valence-corrected chi connectivity index (χ0v) is 25.2. The van der Waals surface area contributed by atoms with Gasteiger partial charge in [-0.05, 0) is 95.7 Å². The zero-order valence-electron chi connectivity index (χ0n) is 25.2. The van der Waals surface area contributed by atoms with Gasteiger partial charge in [0.25, 0.3) is 0 Å². The number of unbranched alkanes of at least 4 members (excludes halogenated alkanes) is 7. The van der Waals surface area contributed by atoms with E-state index in [0.29, 0.717) is 5.92 Å². The molecule has 0 unspecified atom stereocenters. The summed E-state index contributed by atoms with van der Waals surface area (Å²) in [7, 11) is 0. The molecule has 4 aromatic rings. The molecular formula is C39H50N2. The van der Waals surface area contributed by atoms with Crippen LogP contribution in [0.15, 0.2) is 97.1 Å². The molecule has 0 heterocycles. The fourth-order valence-electron chi connectivity index (χ4n) is 5.84. The second kappa shape index (κ2) is 16.7. The molecule has 2 heteroatoms. The van der Waals surface area contributed by atoms with Crippen molar-refractivity contribution in [2.75, 3.05) is 11.5 Å². The van der Waals surface area contributed by atoms with Gasteiger partial charge in [0.1, 0.15) is 0 Å². The second-order valence-electron chi connectivity index (χ2n) is 12.0. The van der Waals surface area contributed by atoms with Crippen molar-refractivity contribution in [2.24, 2.45) is 5.92 Å². The van der Waals surface area contributed by atoms with Crippen molar-refractivity contribution in [1.82, 2.24) is 0 Å². The first-order chi connectivity index (χ1) is 20.1. The van der Waals surface area contributed by atoms with Gasteiger partial charge in [-0.15, -0.1) is 0 Å². The highest BCUT2D eigenvalue weighted by Gasteiger charge is 2.12.